The number of fused-ring (bicyclic) bond motifs is 1. The second kappa shape index (κ2) is 6.58. The molecule has 25 heavy (non-hydrogen) atoms. The Morgan fingerprint density at radius 3 is 2.44 bits per heavy atom. The maximum Gasteiger partial charge on any atom is 0.196 e. The van der Waals surface area contributed by atoms with Crippen molar-refractivity contribution < 1.29 is 9.53 Å². The average Bonchev–Trinajstić information content (AvgIpc) is 2.65. The standard InChI is InChI=1S/C22H15ClO2/c23-17-10-6-7-15(13-17)14-19-21(24)18-11-4-5-12-20(18)25-22(19)16-8-2-1-3-9-16/h1-14,22H/b19-14+/t22-/m1/s1. The van der Waals surface area contributed by atoms with E-state index >= 15 is 0 Å². The summed E-state index contributed by atoms with van der Waals surface area (Å²) in [7, 11) is 0. The fourth-order valence-electron chi connectivity index (χ4n) is 3.01. The van der Waals surface area contributed by atoms with Crippen molar-refractivity contribution >= 4 is 23.5 Å². The molecule has 1 aliphatic heterocycles. The molecule has 2 nitrogen and oxygen atoms in total. The molecular weight excluding hydrogens is 332 g/mol. The highest BCUT2D eigenvalue weighted by Crippen LogP contribution is 2.39. The zero-order valence-electron chi connectivity index (χ0n) is 13.4. The first kappa shape index (κ1) is 15.7. The Morgan fingerprint density at radius 2 is 1.64 bits per heavy atom. The van der Waals surface area contributed by atoms with Crippen molar-refractivity contribution in [3.8, 4) is 5.75 Å². The average molecular weight is 347 g/mol. The van der Waals surface area contributed by atoms with Gasteiger partial charge in [-0.05, 0) is 41.5 Å². The van der Waals surface area contributed by atoms with E-state index in [2.05, 4.69) is 0 Å². The van der Waals surface area contributed by atoms with E-state index < -0.39 is 6.10 Å². The summed E-state index contributed by atoms with van der Waals surface area (Å²) in [6.07, 6.45) is 1.42. The Hall–Kier alpha value is -2.84. The molecule has 3 aromatic carbocycles. The Morgan fingerprint density at radius 1 is 0.880 bits per heavy atom. The third kappa shape index (κ3) is 3.09. The maximum absolute atomic E-state index is 13.1. The van der Waals surface area contributed by atoms with Crippen molar-refractivity contribution in [1.29, 1.82) is 0 Å². The molecule has 1 heterocycles. The molecule has 0 amide bonds. The summed E-state index contributed by atoms with van der Waals surface area (Å²) >= 11 is 6.09. The first-order chi connectivity index (χ1) is 12.2. The quantitative estimate of drug-likeness (QED) is 0.553. The van der Waals surface area contributed by atoms with Crippen molar-refractivity contribution in [3.63, 3.8) is 0 Å². The van der Waals surface area contributed by atoms with E-state index in [0.29, 0.717) is 21.9 Å². The van der Waals surface area contributed by atoms with Crippen LogP contribution in [0.5, 0.6) is 5.75 Å². The van der Waals surface area contributed by atoms with Gasteiger partial charge in [-0.25, -0.2) is 0 Å². The minimum Gasteiger partial charge on any atom is -0.480 e. The molecule has 0 bridgehead atoms. The lowest BCUT2D eigenvalue weighted by Crippen LogP contribution is -2.23. The summed E-state index contributed by atoms with van der Waals surface area (Å²) in [6.45, 7) is 0. The second-order valence-electron chi connectivity index (χ2n) is 5.89. The summed E-state index contributed by atoms with van der Waals surface area (Å²) in [5, 5.41) is 0.634. The SMILES string of the molecule is O=C1/C(=C\c2cccc(Cl)c2)[C@@H](c2ccccc2)Oc2ccccc21. The normalized spacial score (nSPS) is 17.9. The number of Topliss-reactive ketones (excluding diaryl/α,β-unsaturated/α-hetero) is 1. The number of rotatable bonds is 2. The maximum atomic E-state index is 13.1. The van der Waals surface area contributed by atoms with Gasteiger partial charge in [-0.15, -0.1) is 0 Å². The van der Waals surface area contributed by atoms with Crippen LogP contribution >= 0.6 is 11.6 Å². The van der Waals surface area contributed by atoms with Gasteiger partial charge < -0.3 is 4.74 Å². The van der Waals surface area contributed by atoms with Gasteiger partial charge in [0.25, 0.3) is 0 Å². The molecule has 0 aromatic heterocycles. The van der Waals surface area contributed by atoms with Crippen molar-refractivity contribution in [2.75, 3.05) is 0 Å². The molecular formula is C22H15ClO2. The monoisotopic (exact) mass is 346 g/mol. The molecule has 0 fully saturated rings. The molecule has 1 aliphatic rings. The smallest absolute Gasteiger partial charge is 0.196 e. The lowest BCUT2D eigenvalue weighted by atomic mass is 9.89. The molecule has 122 valence electrons. The fraction of sp³-hybridized carbons (Fsp3) is 0.0455. The number of carbonyl (C=O) groups excluding carboxylic acids is 1. The number of ketones is 1. The summed E-state index contributed by atoms with van der Waals surface area (Å²) in [4.78, 5) is 13.1. The molecule has 0 saturated carbocycles. The molecule has 0 radical (unpaired) electrons. The lowest BCUT2D eigenvalue weighted by Gasteiger charge is -2.28. The molecule has 0 spiro atoms. The van der Waals surface area contributed by atoms with Gasteiger partial charge in [0.2, 0.25) is 0 Å². The third-order valence-electron chi connectivity index (χ3n) is 4.19. The van der Waals surface area contributed by atoms with Crippen LogP contribution in [0.1, 0.15) is 27.6 Å². The number of carbonyl (C=O) groups is 1. The van der Waals surface area contributed by atoms with Crippen LogP contribution in [0.15, 0.2) is 84.4 Å². The number of benzene rings is 3. The van der Waals surface area contributed by atoms with E-state index in [1.807, 2.05) is 78.9 Å². The van der Waals surface area contributed by atoms with Crippen LogP contribution in [0.25, 0.3) is 6.08 Å². The van der Waals surface area contributed by atoms with Crippen molar-refractivity contribution in [2.24, 2.45) is 0 Å². The number of halogens is 1. The van der Waals surface area contributed by atoms with Gasteiger partial charge in [-0.3, -0.25) is 4.79 Å². The summed E-state index contributed by atoms with van der Waals surface area (Å²) in [5.74, 6) is 0.597. The second-order valence-corrected chi connectivity index (χ2v) is 6.32. The molecule has 0 saturated heterocycles. The highest BCUT2D eigenvalue weighted by Gasteiger charge is 2.32. The van der Waals surface area contributed by atoms with Crippen LogP contribution in [-0.4, -0.2) is 5.78 Å². The number of ether oxygens (including phenoxy) is 1. The zero-order valence-corrected chi connectivity index (χ0v) is 14.1. The van der Waals surface area contributed by atoms with Crippen molar-refractivity contribution in [3.05, 3.63) is 106 Å². The third-order valence-corrected chi connectivity index (χ3v) is 4.43. The van der Waals surface area contributed by atoms with E-state index in [-0.39, 0.29) is 5.78 Å². The van der Waals surface area contributed by atoms with E-state index in [9.17, 15) is 4.79 Å². The van der Waals surface area contributed by atoms with Gasteiger partial charge >= 0.3 is 0 Å². The molecule has 3 aromatic rings. The van der Waals surface area contributed by atoms with Crippen LogP contribution in [0, 0.1) is 0 Å². The van der Waals surface area contributed by atoms with Gasteiger partial charge in [0.05, 0.1) is 5.56 Å². The van der Waals surface area contributed by atoms with Crippen LogP contribution in [0.2, 0.25) is 5.02 Å². The zero-order chi connectivity index (χ0) is 17.2. The first-order valence-corrected chi connectivity index (χ1v) is 8.42. The Bertz CT molecular complexity index is 961. The number of hydrogen-bond donors (Lipinski definition) is 0. The number of hydrogen-bond acceptors (Lipinski definition) is 2. The van der Waals surface area contributed by atoms with Crippen molar-refractivity contribution in [1.82, 2.24) is 0 Å². The summed E-state index contributed by atoms with van der Waals surface area (Å²) < 4.78 is 6.18. The van der Waals surface area contributed by atoms with Crippen LogP contribution in [0.3, 0.4) is 0 Å². The highest BCUT2D eigenvalue weighted by atomic mass is 35.5. The van der Waals surface area contributed by atoms with Gasteiger partial charge in [0.1, 0.15) is 5.75 Å². The van der Waals surface area contributed by atoms with E-state index in [1.165, 1.54) is 0 Å². The van der Waals surface area contributed by atoms with Crippen LogP contribution in [-0.2, 0) is 0 Å². The molecule has 0 N–H and O–H groups in total. The van der Waals surface area contributed by atoms with Gasteiger partial charge in [-0.2, -0.15) is 0 Å². The predicted molar refractivity (Wildman–Crippen MR) is 100 cm³/mol. The lowest BCUT2D eigenvalue weighted by molar-refractivity contribution is 0.0963. The predicted octanol–water partition coefficient (Wildman–Crippen LogP) is 5.74. The number of para-hydroxylation sites is 1. The molecule has 4 rings (SSSR count). The molecule has 3 heteroatoms. The van der Waals surface area contributed by atoms with Gasteiger partial charge in [0, 0.05) is 10.6 Å². The van der Waals surface area contributed by atoms with Crippen LogP contribution < -0.4 is 4.74 Å². The molecule has 0 aliphatic carbocycles. The Kier molecular flexibility index (Phi) is 4.12. The summed E-state index contributed by atoms with van der Waals surface area (Å²) in [5.41, 5.74) is 3.01. The van der Waals surface area contributed by atoms with E-state index in [1.54, 1.807) is 6.07 Å². The van der Waals surface area contributed by atoms with Gasteiger partial charge in [0.15, 0.2) is 11.9 Å². The first-order valence-electron chi connectivity index (χ1n) is 8.05. The highest BCUT2D eigenvalue weighted by molar-refractivity contribution is 6.30. The Balaban J connectivity index is 1.87. The van der Waals surface area contributed by atoms with Gasteiger partial charge in [-0.1, -0.05) is 66.2 Å². The topological polar surface area (TPSA) is 26.3 Å². The minimum absolute atomic E-state index is 0.0179. The van der Waals surface area contributed by atoms with E-state index in [0.717, 1.165) is 11.1 Å². The van der Waals surface area contributed by atoms with E-state index in [4.69, 9.17) is 16.3 Å². The molecule has 1 atom stereocenters. The fourth-order valence-corrected chi connectivity index (χ4v) is 3.21. The molecule has 0 unspecified atom stereocenters. The Labute approximate surface area is 151 Å². The summed E-state index contributed by atoms with van der Waals surface area (Å²) in [6, 6.07) is 24.6. The van der Waals surface area contributed by atoms with Crippen molar-refractivity contribution in [2.45, 2.75) is 6.10 Å². The van der Waals surface area contributed by atoms with Crippen LogP contribution in [0.4, 0.5) is 0 Å². The minimum atomic E-state index is -0.442. The largest absolute Gasteiger partial charge is 0.480 e.